The lowest BCUT2D eigenvalue weighted by Crippen LogP contribution is -2.44. The second-order valence-electron chi connectivity index (χ2n) is 37.4. The topological polar surface area (TPSA) is 197 Å². The van der Waals surface area contributed by atoms with Crippen molar-refractivity contribution in [3.8, 4) is 17.2 Å². The smallest absolute Gasteiger partial charge is 0.416 e. The van der Waals surface area contributed by atoms with E-state index in [1.807, 2.05) is 87.7 Å². The molecule has 0 saturated carbocycles. The van der Waals surface area contributed by atoms with Crippen LogP contribution >= 0.6 is 92.8 Å². The molecule has 4 atom stereocenters. The SMILES string of the molecule is CC(=O)C1CCN(C(=O)c2ccc(Cl)c(Cc3cc4c(C)cc(OC(F)F)cc4n3C)c2Cl)CC1.CC(=O)C1CCN(C(=O)c2ccc(Cl)c(Cc3cc4c(C)cc(OC(F)F)cc4n3C)c2Cl)CC1C.CC(=O)CC1CCN(C(=O)c2ccc(Cl)c(Cc3cc4c(C)cc(OC(F)F)cc4n3C)c2Cl)CC1.CC(=O)[C@@H]1CCN(C(=O)c2ccc(Cl)c(Cc3cc4c(F)cc(C(F)(F)F)cc4n3C)c2Cl)C[C@@H]1C. The first-order valence-electron chi connectivity index (χ1n) is 46.4. The summed E-state index contributed by atoms with van der Waals surface area (Å²) in [6.45, 7) is 11.0. The molecule has 0 aliphatic carbocycles. The van der Waals surface area contributed by atoms with Crippen LogP contribution < -0.4 is 14.2 Å². The van der Waals surface area contributed by atoms with Gasteiger partial charge in [0.25, 0.3) is 23.6 Å². The van der Waals surface area contributed by atoms with Crippen LogP contribution in [0.4, 0.5) is 43.9 Å². The molecular formula is C106H106Cl8F10N8O11. The van der Waals surface area contributed by atoms with Gasteiger partial charge < -0.3 is 56.9 Å². The highest BCUT2D eigenvalue weighted by Crippen LogP contribution is 2.44. The van der Waals surface area contributed by atoms with Crippen molar-refractivity contribution in [2.45, 2.75) is 159 Å². The normalized spacial score (nSPS) is 16.5. The average molecular weight is 2140 g/mol. The molecule has 4 amide bonds. The third kappa shape index (κ3) is 24.9. The zero-order chi connectivity index (χ0) is 104. The maximum absolute atomic E-state index is 14.5. The van der Waals surface area contributed by atoms with E-state index in [-0.39, 0.29) is 132 Å². The van der Waals surface area contributed by atoms with E-state index in [4.69, 9.17) is 92.8 Å². The number of likely N-dealkylation sites (tertiary alicyclic amines) is 4. The summed E-state index contributed by atoms with van der Waals surface area (Å²) in [5.74, 6) is -0.656. The Morgan fingerprint density at radius 3 is 0.923 bits per heavy atom. The zero-order valence-corrected chi connectivity index (χ0v) is 86.6. The van der Waals surface area contributed by atoms with Gasteiger partial charge in [-0.25, -0.2) is 4.39 Å². The van der Waals surface area contributed by atoms with Crippen LogP contribution in [0, 0.1) is 62.1 Å². The molecule has 8 aromatic carbocycles. The van der Waals surface area contributed by atoms with Crippen LogP contribution in [0.1, 0.15) is 195 Å². The third-order valence-corrected chi connectivity index (χ3v) is 31.0. The van der Waals surface area contributed by atoms with Gasteiger partial charge in [0.15, 0.2) is 0 Å². The first-order valence-corrected chi connectivity index (χ1v) is 49.4. The second kappa shape index (κ2) is 46.1. The molecule has 4 aliphatic heterocycles. The van der Waals surface area contributed by atoms with Crippen LogP contribution in [0.3, 0.4) is 0 Å². The fraction of sp³-hybridized carbons (Fsp3) is 0.396. The lowest BCUT2D eigenvalue weighted by Gasteiger charge is -2.36. The molecular weight excluding hydrogens is 2030 g/mol. The number of amides is 4. The summed E-state index contributed by atoms with van der Waals surface area (Å²) in [4.78, 5) is 107. The van der Waals surface area contributed by atoms with E-state index in [1.165, 1.54) is 23.7 Å². The number of carbonyl (C=O) groups is 8. The highest BCUT2D eigenvalue weighted by Gasteiger charge is 2.39. The van der Waals surface area contributed by atoms with Crippen molar-refractivity contribution >= 4 is 183 Å². The Hall–Kier alpha value is -10.5. The molecule has 4 fully saturated rings. The van der Waals surface area contributed by atoms with Gasteiger partial charge in [-0.05, 0) is 247 Å². The molecule has 12 aromatic rings. The minimum Gasteiger partial charge on any atom is -0.435 e. The Balaban J connectivity index is 0.000000160. The van der Waals surface area contributed by atoms with Crippen molar-refractivity contribution in [3.63, 3.8) is 0 Å². The van der Waals surface area contributed by atoms with Crippen LogP contribution in [0.25, 0.3) is 43.6 Å². The summed E-state index contributed by atoms with van der Waals surface area (Å²) in [5.41, 5.74) is 10.3. The first kappa shape index (κ1) is 110. The number of hydrogen-bond donors (Lipinski definition) is 0. The van der Waals surface area contributed by atoms with E-state index in [9.17, 15) is 82.3 Å². The van der Waals surface area contributed by atoms with Gasteiger partial charge in [-0.3, -0.25) is 33.6 Å². The summed E-state index contributed by atoms with van der Waals surface area (Å²) in [6.07, 6.45) is 1.06. The number of aromatic nitrogens is 4. The number of aryl methyl sites for hydroxylation is 7. The van der Waals surface area contributed by atoms with Crippen molar-refractivity contribution in [3.05, 3.63) is 257 Å². The summed E-state index contributed by atoms with van der Waals surface area (Å²) >= 11 is 52.8. The number of alkyl halides is 9. The molecule has 0 N–H and O–H groups in total. The number of benzene rings is 8. The molecule has 4 aliphatic rings. The average Bonchev–Trinajstić information content (AvgIpc) is 1.61. The zero-order valence-electron chi connectivity index (χ0n) is 80.5. The van der Waals surface area contributed by atoms with Crippen molar-refractivity contribution in [1.29, 1.82) is 0 Å². The predicted molar refractivity (Wildman–Crippen MR) is 539 cm³/mol. The molecule has 16 rings (SSSR count). The predicted octanol–water partition coefficient (Wildman–Crippen LogP) is 26.8. The van der Waals surface area contributed by atoms with Gasteiger partial charge >= 0.3 is 26.0 Å². The Bertz CT molecular complexity index is 6940. The second-order valence-corrected chi connectivity index (χ2v) is 40.5. The molecule has 2 unspecified atom stereocenters. The third-order valence-electron chi connectivity index (χ3n) is 27.9. The molecule has 762 valence electrons. The fourth-order valence-electron chi connectivity index (χ4n) is 19.9. The van der Waals surface area contributed by atoms with Gasteiger partial charge in [-0.15, -0.1) is 0 Å². The van der Waals surface area contributed by atoms with Crippen molar-refractivity contribution in [1.82, 2.24) is 37.9 Å². The largest absolute Gasteiger partial charge is 0.435 e. The molecule has 0 spiro atoms. The molecule has 8 heterocycles. The molecule has 4 aromatic heterocycles. The van der Waals surface area contributed by atoms with Crippen LogP contribution in [-0.4, -0.2) is 157 Å². The van der Waals surface area contributed by atoms with Crippen LogP contribution in [0.15, 0.2) is 121 Å². The minimum atomic E-state index is -4.68. The summed E-state index contributed by atoms with van der Waals surface area (Å²) < 4.78 is 151. The van der Waals surface area contributed by atoms with E-state index in [0.717, 1.165) is 85.4 Å². The van der Waals surface area contributed by atoms with Crippen molar-refractivity contribution < 1.29 is 96.5 Å². The Morgan fingerprint density at radius 1 is 0.371 bits per heavy atom. The lowest BCUT2D eigenvalue weighted by molar-refractivity contribution is -0.137. The van der Waals surface area contributed by atoms with Gasteiger partial charge in [0.05, 0.1) is 70.0 Å². The standard InChI is InChI=1S/2C27H28Cl2F2N2O3.C26H24Cl2F4N2O2.C26H26Cl2F2N2O3/c1-14-9-18(36-27(30)31)12-24-21(14)10-17(32(24)4)11-22-23(28)6-5-20(25(22)29)26(35)33-8-7-19(16(3)34)15(2)13-33;1-15-10-19(36-27(30)31)14-24-21(15)12-18(32(24)3)13-22-23(28)5-4-20(25(22)29)26(35)33-8-6-17(7-9-33)11-16(2)34;1-13-12-34(7-6-17(13)14(2)35)25(36)18-4-5-21(27)19(24(18)28)10-16-11-20-22(29)8-15(26(30,31)32)9-23(20)33(16)3;1-14-10-18(35-26(29)30)13-23-20(14)11-17(31(23)3)12-21-22(27)5-4-19(24(21)28)25(34)32-8-6-16(7-9-32)15(2)33/h5-6,9-10,12,15,19,27H,7-8,11,13H2,1-4H3;4-5,10,12,14,17,27H,6-9,11,13H2,1-3H3;4-5,8-9,11,13,17H,6-7,10,12H2,1-3H3;4-5,10-11,13,16,26H,6-9,12H2,1-3H3/t;;13-,17+;/m..0./s1. The highest BCUT2D eigenvalue weighted by atomic mass is 35.5. The van der Waals surface area contributed by atoms with Gasteiger partial charge in [0, 0.05) is 213 Å². The number of ketones is 4. The fourth-order valence-corrected chi connectivity index (χ4v) is 22.2. The molecule has 0 radical (unpaired) electrons. The number of ether oxygens (including phenoxy) is 3. The van der Waals surface area contributed by atoms with E-state index >= 15 is 0 Å². The highest BCUT2D eigenvalue weighted by molar-refractivity contribution is 6.40. The van der Waals surface area contributed by atoms with E-state index in [0.29, 0.717) is 185 Å². The number of nitrogens with zero attached hydrogens (tertiary/aromatic N) is 8. The van der Waals surface area contributed by atoms with E-state index in [1.54, 1.807) is 126 Å². The first-order chi connectivity index (χ1) is 67.4. The van der Waals surface area contributed by atoms with Crippen molar-refractivity contribution in [2.24, 2.45) is 63.7 Å². The number of rotatable bonds is 23. The van der Waals surface area contributed by atoms with Crippen LogP contribution in [0.2, 0.25) is 40.2 Å². The quantitative estimate of drug-likeness (QED) is 0.0552. The molecule has 4 saturated heterocycles. The molecule has 37 heteroatoms. The van der Waals surface area contributed by atoms with Crippen molar-refractivity contribution in [2.75, 3.05) is 52.4 Å². The van der Waals surface area contributed by atoms with Crippen LogP contribution in [-0.2, 0) is 79.2 Å². The van der Waals surface area contributed by atoms with Gasteiger partial charge in [0.1, 0.15) is 46.2 Å². The monoisotopic (exact) mass is 2140 g/mol. The minimum absolute atomic E-state index is 0.00293. The maximum Gasteiger partial charge on any atom is 0.416 e. The lowest BCUT2D eigenvalue weighted by atomic mass is 9.84. The van der Waals surface area contributed by atoms with E-state index < -0.39 is 37.4 Å². The number of halogens is 18. The number of hydrogen-bond acceptors (Lipinski definition) is 11. The maximum atomic E-state index is 14.5. The Morgan fingerprint density at radius 2 is 0.650 bits per heavy atom. The van der Waals surface area contributed by atoms with Gasteiger partial charge in [-0.1, -0.05) is 107 Å². The summed E-state index contributed by atoms with van der Waals surface area (Å²) in [5, 5.41) is 5.36. The van der Waals surface area contributed by atoms with Gasteiger partial charge in [0.2, 0.25) is 0 Å². The summed E-state index contributed by atoms with van der Waals surface area (Å²) in [6, 6.07) is 31.2. The molecule has 143 heavy (non-hydrogen) atoms. The van der Waals surface area contributed by atoms with Gasteiger partial charge in [-0.2, -0.15) is 39.5 Å². The number of piperidine rings is 4. The Labute approximate surface area is 860 Å². The van der Waals surface area contributed by atoms with E-state index in [2.05, 4.69) is 14.2 Å². The number of fused-ring (bicyclic) bond motifs is 4. The number of Topliss-reactive ketones (excluding diaryl/α,β-unsaturated/α-hetero) is 4. The Kier molecular flexibility index (Phi) is 35.3. The summed E-state index contributed by atoms with van der Waals surface area (Å²) in [7, 11) is 7.04. The molecule has 19 nitrogen and oxygen atoms in total. The number of carbonyl (C=O) groups excluding carboxylic acids is 8. The molecule has 0 bridgehead atoms. The van der Waals surface area contributed by atoms with Crippen LogP contribution in [0.5, 0.6) is 17.2 Å².